The summed E-state index contributed by atoms with van der Waals surface area (Å²) < 4.78 is 21.0. The van der Waals surface area contributed by atoms with Crippen molar-refractivity contribution in [2.75, 3.05) is 39.6 Å². The van der Waals surface area contributed by atoms with E-state index in [0.717, 1.165) is 12.9 Å². The van der Waals surface area contributed by atoms with Crippen molar-refractivity contribution in [2.45, 2.75) is 39.1 Å². The summed E-state index contributed by atoms with van der Waals surface area (Å²) in [6.07, 6.45) is 1.30. The molecule has 0 aromatic heterocycles. The van der Waals surface area contributed by atoms with Gasteiger partial charge in [-0.1, -0.05) is 6.32 Å². The average molecular weight is 274 g/mol. The van der Waals surface area contributed by atoms with Gasteiger partial charge in [-0.2, -0.15) is 0 Å². The summed E-state index contributed by atoms with van der Waals surface area (Å²) in [5.74, 6) is -0.235. The first-order valence-corrected chi connectivity index (χ1v) is 6.91. The maximum atomic E-state index is 11.3. The van der Waals surface area contributed by atoms with E-state index in [1.807, 2.05) is 20.8 Å². The molecule has 0 fully saturated rings. The largest absolute Gasteiger partial charge is 0.460 e. The minimum atomic E-state index is -0.432. The van der Waals surface area contributed by atoms with Crippen LogP contribution in [0, 0.1) is 0 Å². The van der Waals surface area contributed by atoms with Crippen LogP contribution in [0.1, 0.15) is 27.2 Å². The summed E-state index contributed by atoms with van der Waals surface area (Å²) >= 11 is 0. The number of carbonyl (C=O) groups excluding carboxylic acids is 1. The number of hydrogen-bond donors (Lipinski definition) is 0. The number of ether oxygens (including phenoxy) is 4. The summed E-state index contributed by atoms with van der Waals surface area (Å²) in [4.78, 5) is 11.3. The number of rotatable bonds is 11. The van der Waals surface area contributed by atoms with E-state index in [9.17, 15) is 4.79 Å². The summed E-state index contributed by atoms with van der Waals surface area (Å²) in [6.45, 7) is 8.88. The molecule has 0 N–H and O–H groups in total. The smallest absolute Gasteiger partial charge is 0.308 e. The van der Waals surface area contributed by atoms with Gasteiger partial charge in [0, 0.05) is 6.61 Å². The van der Waals surface area contributed by atoms with Crippen LogP contribution in [-0.2, 0) is 23.7 Å². The van der Waals surface area contributed by atoms with Crippen molar-refractivity contribution in [3.05, 3.63) is 0 Å². The first-order chi connectivity index (χ1) is 8.95. The minimum absolute atomic E-state index is 0.235. The Hall–Kier alpha value is -0.585. The minimum Gasteiger partial charge on any atom is -0.460 e. The molecule has 0 aliphatic rings. The van der Waals surface area contributed by atoms with E-state index in [2.05, 4.69) is 7.85 Å². The number of esters is 1. The topological polar surface area (TPSA) is 54.0 Å². The molecule has 112 valence electrons. The first kappa shape index (κ1) is 18.4. The molecule has 0 heterocycles. The van der Waals surface area contributed by atoms with Crippen molar-refractivity contribution < 1.29 is 23.7 Å². The lowest BCUT2D eigenvalue weighted by Crippen LogP contribution is -2.24. The van der Waals surface area contributed by atoms with Crippen LogP contribution in [0.5, 0.6) is 0 Å². The Balaban J connectivity index is 3.21. The van der Waals surface area contributed by atoms with Crippen LogP contribution in [0.15, 0.2) is 0 Å². The van der Waals surface area contributed by atoms with Crippen LogP contribution in [0.4, 0.5) is 0 Å². The highest BCUT2D eigenvalue weighted by molar-refractivity contribution is 6.08. The lowest BCUT2D eigenvalue weighted by Gasteiger charge is -2.19. The summed E-state index contributed by atoms with van der Waals surface area (Å²) in [5, 5.41) is 0. The third-order valence-corrected chi connectivity index (χ3v) is 1.96. The molecule has 0 saturated carbocycles. The van der Waals surface area contributed by atoms with Gasteiger partial charge in [0.25, 0.3) is 0 Å². The fourth-order valence-electron chi connectivity index (χ4n) is 1.23. The molecular formula is C13H27BO5. The van der Waals surface area contributed by atoms with Gasteiger partial charge in [-0.25, -0.2) is 0 Å². The van der Waals surface area contributed by atoms with E-state index < -0.39 is 5.60 Å². The summed E-state index contributed by atoms with van der Waals surface area (Å²) in [5.41, 5.74) is -0.432. The van der Waals surface area contributed by atoms with Gasteiger partial charge in [-0.15, -0.1) is 0 Å². The lowest BCUT2D eigenvalue weighted by molar-refractivity contribution is -0.156. The molecule has 0 aromatic rings. The Kier molecular flexibility index (Phi) is 10.9. The number of carbonyl (C=O) groups is 1. The van der Waals surface area contributed by atoms with E-state index in [-0.39, 0.29) is 12.4 Å². The zero-order valence-corrected chi connectivity index (χ0v) is 12.7. The van der Waals surface area contributed by atoms with Crippen LogP contribution in [-0.4, -0.2) is 59.1 Å². The lowest BCUT2D eigenvalue weighted by atomic mass is 10.1. The molecule has 5 nitrogen and oxygen atoms in total. The summed E-state index contributed by atoms with van der Waals surface area (Å²) in [7, 11) is 2.07. The SMILES string of the molecule is BCCOCCOCCOCCC(=O)OC(C)(C)C. The molecule has 0 aliphatic carbocycles. The molecule has 19 heavy (non-hydrogen) atoms. The van der Waals surface area contributed by atoms with E-state index in [0.29, 0.717) is 33.0 Å². The Morgan fingerprint density at radius 2 is 1.37 bits per heavy atom. The van der Waals surface area contributed by atoms with E-state index in [1.165, 1.54) is 0 Å². The fraction of sp³-hybridized carbons (Fsp3) is 0.923. The predicted octanol–water partition coefficient (Wildman–Crippen LogP) is 0.819. The molecule has 0 aromatic carbocycles. The highest BCUT2D eigenvalue weighted by Crippen LogP contribution is 2.07. The van der Waals surface area contributed by atoms with Crippen molar-refractivity contribution in [2.24, 2.45) is 0 Å². The Morgan fingerprint density at radius 1 is 0.895 bits per heavy atom. The normalized spacial score (nSPS) is 11.5. The second-order valence-electron chi connectivity index (χ2n) is 5.17. The molecule has 0 radical (unpaired) electrons. The summed E-state index contributed by atoms with van der Waals surface area (Å²) in [6, 6.07) is 0. The van der Waals surface area contributed by atoms with Crippen molar-refractivity contribution >= 4 is 13.8 Å². The van der Waals surface area contributed by atoms with Gasteiger partial charge in [-0.05, 0) is 20.8 Å². The maximum Gasteiger partial charge on any atom is 0.308 e. The van der Waals surface area contributed by atoms with Gasteiger partial charge in [0.15, 0.2) is 0 Å². The molecule has 0 atom stereocenters. The van der Waals surface area contributed by atoms with Crippen LogP contribution in [0.3, 0.4) is 0 Å². The van der Waals surface area contributed by atoms with Crippen molar-refractivity contribution in [3.63, 3.8) is 0 Å². The van der Waals surface area contributed by atoms with Gasteiger partial charge >= 0.3 is 5.97 Å². The molecule has 0 saturated heterocycles. The highest BCUT2D eigenvalue weighted by Gasteiger charge is 2.15. The van der Waals surface area contributed by atoms with E-state index >= 15 is 0 Å². The zero-order chi connectivity index (χ0) is 14.6. The standard InChI is InChI=1S/C13H27BO5/c1-13(2,3)19-12(15)4-6-16-8-10-18-11-9-17-7-5-14/h4-11,14H2,1-3H3. The van der Waals surface area contributed by atoms with Gasteiger partial charge < -0.3 is 18.9 Å². The molecule has 0 spiro atoms. The zero-order valence-electron chi connectivity index (χ0n) is 12.7. The van der Waals surface area contributed by atoms with Gasteiger partial charge in [0.05, 0.1) is 39.5 Å². The fourth-order valence-corrected chi connectivity index (χ4v) is 1.23. The van der Waals surface area contributed by atoms with Crippen molar-refractivity contribution in [3.8, 4) is 0 Å². The van der Waals surface area contributed by atoms with Crippen molar-refractivity contribution in [1.82, 2.24) is 0 Å². The second kappa shape index (κ2) is 11.3. The maximum absolute atomic E-state index is 11.3. The molecule has 0 rings (SSSR count). The Bertz CT molecular complexity index is 228. The molecule has 0 amide bonds. The third-order valence-electron chi connectivity index (χ3n) is 1.96. The molecule has 6 heteroatoms. The van der Waals surface area contributed by atoms with Crippen molar-refractivity contribution in [1.29, 1.82) is 0 Å². The highest BCUT2D eigenvalue weighted by atomic mass is 16.6. The Morgan fingerprint density at radius 3 is 1.84 bits per heavy atom. The number of hydrogen-bond acceptors (Lipinski definition) is 5. The van der Waals surface area contributed by atoms with Gasteiger partial charge in [-0.3, -0.25) is 4.79 Å². The van der Waals surface area contributed by atoms with Crippen LogP contribution in [0.2, 0.25) is 6.32 Å². The van der Waals surface area contributed by atoms with Crippen LogP contribution >= 0.6 is 0 Å². The molecule has 0 bridgehead atoms. The monoisotopic (exact) mass is 274 g/mol. The van der Waals surface area contributed by atoms with Crippen LogP contribution < -0.4 is 0 Å². The predicted molar refractivity (Wildman–Crippen MR) is 76.3 cm³/mol. The van der Waals surface area contributed by atoms with Gasteiger partial charge in [0.1, 0.15) is 13.4 Å². The van der Waals surface area contributed by atoms with E-state index in [1.54, 1.807) is 0 Å². The molecule has 0 unspecified atom stereocenters. The van der Waals surface area contributed by atoms with E-state index in [4.69, 9.17) is 18.9 Å². The van der Waals surface area contributed by atoms with Crippen LogP contribution in [0.25, 0.3) is 0 Å². The van der Waals surface area contributed by atoms with Gasteiger partial charge in [0.2, 0.25) is 0 Å². The second-order valence-corrected chi connectivity index (χ2v) is 5.17. The average Bonchev–Trinajstić information content (AvgIpc) is 2.29. The molecule has 0 aliphatic heterocycles. The first-order valence-electron chi connectivity index (χ1n) is 6.91. The third kappa shape index (κ3) is 15.4. The quantitative estimate of drug-likeness (QED) is 0.317. The Labute approximate surface area is 117 Å². The molecular weight excluding hydrogens is 247 g/mol.